The van der Waals surface area contributed by atoms with E-state index in [-0.39, 0.29) is 0 Å². The molecule has 1 atom stereocenters. The highest BCUT2D eigenvalue weighted by Crippen LogP contribution is 2.39. The molecule has 0 aliphatic carbocycles. The van der Waals surface area contributed by atoms with Crippen molar-refractivity contribution in [2.24, 2.45) is 4.99 Å². The highest BCUT2D eigenvalue weighted by atomic mass is 15.4. The lowest BCUT2D eigenvalue weighted by atomic mass is 9.97. The number of para-hydroxylation sites is 1. The van der Waals surface area contributed by atoms with Gasteiger partial charge in [0.15, 0.2) is 5.96 Å². The Morgan fingerprint density at radius 2 is 1.83 bits per heavy atom. The molecule has 0 fully saturated rings. The predicted octanol–water partition coefficient (Wildman–Crippen LogP) is 4.29. The smallest absolute Gasteiger partial charge is 0.199 e. The summed E-state index contributed by atoms with van der Waals surface area (Å²) in [5.74, 6) is 1.04. The van der Waals surface area contributed by atoms with Gasteiger partial charge in [-0.2, -0.15) is 0 Å². The second kappa shape index (κ2) is 6.68. The maximum absolute atomic E-state index is 4.85. The average Bonchev–Trinajstić information content (AvgIpc) is 2.97. The first-order valence-electron chi connectivity index (χ1n) is 9.11. The third kappa shape index (κ3) is 2.68. The zero-order chi connectivity index (χ0) is 16.4. The van der Waals surface area contributed by atoms with E-state index in [0.29, 0.717) is 6.04 Å². The number of hydrogen-bond donors (Lipinski definition) is 1. The van der Waals surface area contributed by atoms with E-state index in [0.717, 1.165) is 25.5 Å². The van der Waals surface area contributed by atoms with Crippen molar-refractivity contribution in [3.63, 3.8) is 0 Å². The van der Waals surface area contributed by atoms with Crippen LogP contribution in [0, 0.1) is 0 Å². The van der Waals surface area contributed by atoms with E-state index in [9.17, 15) is 0 Å². The van der Waals surface area contributed by atoms with Crippen LogP contribution in [0.15, 0.2) is 53.5 Å². The van der Waals surface area contributed by atoms with Crippen LogP contribution < -0.4 is 10.2 Å². The van der Waals surface area contributed by atoms with Crippen molar-refractivity contribution in [1.29, 1.82) is 0 Å². The van der Waals surface area contributed by atoms with Crippen LogP contribution in [0.3, 0.4) is 0 Å². The van der Waals surface area contributed by atoms with Gasteiger partial charge in [-0.05, 0) is 35.6 Å². The summed E-state index contributed by atoms with van der Waals surface area (Å²) < 4.78 is 0. The molecule has 0 saturated carbocycles. The zero-order valence-electron chi connectivity index (χ0n) is 14.3. The first-order valence-corrected chi connectivity index (χ1v) is 9.11. The minimum atomic E-state index is 0.318. The van der Waals surface area contributed by atoms with Gasteiger partial charge in [-0.1, -0.05) is 62.2 Å². The summed E-state index contributed by atoms with van der Waals surface area (Å²) in [6.45, 7) is 4.08. The van der Waals surface area contributed by atoms with Gasteiger partial charge < -0.3 is 10.2 Å². The second-order valence-corrected chi connectivity index (χ2v) is 6.69. The first kappa shape index (κ1) is 15.3. The van der Waals surface area contributed by atoms with Gasteiger partial charge in [0, 0.05) is 12.2 Å². The number of nitrogens with one attached hydrogen (secondary N) is 1. The van der Waals surface area contributed by atoms with E-state index < -0.39 is 0 Å². The Kier molecular flexibility index (Phi) is 4.24. The van der Waals surface area contributed by atoms with Crippen molar-refractivity contribution in [2.75, 3.05) is 18.0 Å². The van der Waals surface area contributed by atoms with E-state index in [4.69, 9.17) is 4.99 Å². The van der Waals surface area contributed by atoms with Crippen LogP contribution in [0.4, 0.5) is 5.69 Å². The highest BCUT2D eigenvalue weighted by molar-refractivity contribution is 5.99. The maximum Gasteiger partial charge on any atom is 0.199 e. The van der Waals surface area contributed by atoms with E-state index in [1.807, 2.05) is 0 Å². The van der Waals surface area contributed by atoms with Gasteiger partial charge in [0.2, 0.25) is 0 Å². The van der Waals surface area contributed by atoms with Crippen LogP contribution in [-0.2, 0) is 6.42 Å². The SMILES string of the molecule is CCCCCNC1=NCC2c3ccccc3Cc3ccccc3N12. The molecule has 0 radical (unpaired) electrons. The van der Waals surface area contributed by atoms with Gasteiger partial charge in [0.25, 0.3) is 0 Å². The normalized spacial score (nSPS) is 18.3. The summed E-state index contributed by atoms with van der Waals surface area (Å²) >= 11 is 0. The van der Waals surface area contributed by atoms with Gasteiger partial charge in [-0.25, -0.2) is 0 Å². The predicted molar refractivity (Wildman–Crippen MR) is 101 cm³/mol. The molecule has 2 aliphatic heterocycles. The third-order valence-electron chi connectivity index (χ3n) is 5.06. The molecule has 2 aliphatic rings. The number of guanidine groups is 1. The van der Waals surface area contributed by atoms with Gasteiger partial charge in [-0.3, -0.25) is 4.99 Å². The van der Waals surface area contributed by atoms with Crippen LogP contribution in [0.5, 0.6) is 0 Å². The number of aliphatic imine (C=N–C) groups is 1. The quantitative estimate of drug-likeness (QED) is 0.851. The van der Waals surface area contributed by atoms with E-state index in [1.165, 1.54) is 41.6 Å². The van der Waals surface area contributed by atoms with Crippen LogP contribution in [-0.4, -0.2) is 19.0 Å². The van der Waals surface area contributed by atoms with Crippen LogP contribution in [0.2, 0.25) is 0 Å². The van der Waals surface area contributed by atoms with Crippen LogP contribution in [0.1, 0.15) is 48.9 Å². The van der Waals surface area contributed by atoms with Crippen molar-refractivity contribution < 1.29 is 0 Å². The molecule has 1 unspecified atom stereocenters. The first-order chi connectivity index (χ1) is 11.9. The fraction of sp³-hybridized carbons (Fsp3) is 0.381. The molecule has 0 bridgehead atoms. The van der Waals surface area contributed by atoms with Gasteiger partial charge in [-0.15, -0.1) is 0 Å². The van der Waals surface area contributed by atoms with Gasteiger partial charge in [0.1, 0.15) is 0 Å². The molecule has 3 nitrogen and oxygen atoms in total. The molecular formula is C21H25N3. The molecule has 124 valence electrons. The van der Waals surface area contributed by atoms with E-state index in [2.05, 4.69) is 65.7 Å². The number of anilines is 1. The summed E-state index contributed by atoms with van der Waals surface area (Å²) in [4.78, 5) is 7.27. The Labute approximate surface area is 144 Å². The Bertz CT molecular complexity index is 750. The fourth-order valence-electron chi connectivity index (χ4n) is 3.83. The van der Waals surface area contributed by atoms with Crippen LogP contribution >= 0.6 is 0 Å². The Balaban J connectivity index is 1.68. The molecule has 4 rings (SSSR count). The number of benzene rings is 2. The third-order valence-corrected chi connectivity index (χ3v) is 5.06. The molecule has 24 heavy (non-hydrogen) atoms. The molecule has 2 aromatic carbocycles. The molecule has 0 saturated heterocycles. The van der Waals surface area contributed by atoms with Gasteiger partial charge in [0.05, 0.1) is 12.6 Å². The lowest BCUT2D eigenvalue weighted by molar-refractivity contribution is 0.689. The minimum absolute atomic E-state index is 0.318. The van der Waals surface area contributed by atoms with Gasteiger partial charge >= 0.3 is 0 Å². The lowest BCUT2D eigenvalue weighted by Gasteiger charge is -2.28. The topological polar surface area (TPSA) is 27.6 Å². The summed E-state index contributed by atoms with van der Waals surface area (Å²) in [6, 6.07) is 17.9. The van der Waals surface area contributed by atoms with Crippen molar-refractivity contribution in [3.05, 3.63) is 65.2 Å². The van der Waals surface area contributed by atoms with E-state index >= 15 is 0 Å². The Hall–Kier alpha value is -2.29. The molecule has 0 amide bonds. The second-order valence-electron chi connectivity index (χ2n) is 6.69. The van der Waals surface area contributed by atoms with E-state index in [1.54, 1.807) is 0 Å². The van der Waals surface area contributed by atoms with Crippen LogP contribution in [0.25, 0.3) is 0 Å². The zero-order valence-corrected chi connectivity index (χ0v) is 14.3. The summed E-state index contributed by atoms with van der Waals surface area (Å²) in [6.07, 6.45) is 4.72. The number of nitrogens with zero attached hydrogens (tertiary/aromatic N) is 2. The molecule has 1 N–H and O–H groups in total. The molecule has 0 aromatic heterocycles. The molecule has 2 aromatic rings. The Morgan fingerprint density at radius 3 is 2.71 bits per heavy atom. The van der Waals surface area contributed by atoms with Crippen molar-refractivity contribution >= 4 is 11.6 Å². The van der Waals surface area contributed by atoms with Crippen molar-refractivity contribution in [3.8, 4) is 0 Å². The molecule has 2 heterocycles. The monoisotopic (exact) mass is 319 g/mol. The maximum atomic E-state index is 4.85. The average molecular weight is 319 g/mol. The largest absolute Gasteiger partial charge is 0.356 e. The summed E-state index contributed by atoms with van der Waals surface area (Å²) in [5, 5.41) is 3.59. The molecular weight excluding hydrogens is 294 g/mol. The lowest BCUT2D eigenvalue weighted by Crippen LogP contribution is -2.40. The fourth-order valence-corrected chi connectivity index (χ4v) is 3.83. The number of fused-ring (bicyclic) bond motifs is 5. The van der Waals surface area contributed by atoms with Crippen molar-refractivity contribution in [1.82, 2.24) is 5.32 Å². The summed E-state index contributed by atoms with van der Waals surface area (Å²) in [7, 11) is 0. The Morgan fingerprint density at radius 1 is 1.04 bits per heavy atom. The van der Waals surface area contributed by atoms with Crippen molar-refractivity contribution in [2.45, 2.75) is 38.6 Å². The number of hydrogen-bond acceptors (Lipinski definition) is 3. The molecule has 0 spiro atoms. The standard InChI is InChI=1S/C21H25N3/c1-2-3-8-13-22-21-23-15-20-18-11-6-4-9-16(18)14-17-10-5-7-12-19(17)24(20)21/h4-7,9-12,20H,2-3,8,13-15H2,1H3,(H,22,23). The molecule has 3 heteroatoms. The number of rotatable bonds is 4. The minimum Gasteiger partial charge on any atom is -0.356 e. The number of unbranched alkanes of at least 4 members (excludes halogenated alkanes) is 2. The highest BCUT2D eigenvalue weighted by Gasteiger charge is 2.34. The summed E-state index contributed by atoms with van der Waals surface area (Å²) in [5.41, 5.74) is 5.54.